The molecule has 0 radical (unpaired) electrons. The molecule has 46 heavy (non-hydrogen) atoms. The zero-order valence-electron chi connectivity index (χ0n) is 25.8. The Balaban J connectivity index is 0.000000176. The largest absolute Gasteiger partial charge is 0.338 e. The van der Waals surface area contributed by atoms with E-state index < -0.39 is 0 Å². The van der Waals surface area contributed by atoms with Crippen LogP contribution in [0.15, 0.2) is 73.6 Å². The molecule has 0 fully saturated rings. The topological polar surface area (TPSA) is 109 Å². The minimum atomic E-state index is 0.377. The van der Waals surface area contributed by atoms with Gasteiger partial charge in [-0.25, -0.2) is 19.9 Å². The average Bonchev–Trinajstić information content (AvgIpc) is 3.62. The Morgan fingerprint density at radius 2 is 1.20 bits per heavy atom. The van der Waals surface area contributed by atoms with Crippen LogP contribution in [0.3, 0.4) is 0 Å². The fraction of sp³-hybridized carbons (Fsp3) is 0.143. The van der Waals surface area contributed by atoms with Gasteiger partial charge in [-0.3, -0.25) is 0 Å². The predicted octanol–water partition coefficient (Wildman–Crippen LogP) is 9.25. The van der Waals surface area contributed by atoms with Crippen LogP contribution in [-0.4, -0.2) is 29.1 Å². The lowest BCUT2D eigenvalue weighted by Gasteiger charge is -2.09. The third-order valence-electron chi connectivity index (χ3n) is 7.07. The number of nitrogens with zero attached hydrogens (tertiary/aromatic N) is 8. The van der Waals surface area contributed by atoms with Gasteiger partial charge in [-0.05, 0) is 91.6 Å². The number of hydrogen-bond donors (Lipinski definition) is 0. The average molecular weight is 668 g/mol. The number of aryl methyl sites for hydroxylation is 5. The summed E-state index contributed by atoms with van der Waals surface area (Å²) >= 11 is 18.4. The Hall–Kier alpha value is -4.99. The smallest absolute Gasteiger partial charge is 0.131 e. The number of hydrogen-bond acceptors (Lipinski definition) is 6. The maximum atomic E-state index is 8.67. The molecular formula is C35H29Cl3N8. The molecule has 230 valence electrons. The van der Waals surface area contributed by atoms with Gasteiger partial charge in [0.1, 0.15) is 5.15 Å². The van der Waals surface area contributed by atoms with E-state index in [0.29, 0.717) is 15.2 Å². The number of fused-ring (bicyclic) bond motifs is 2. The van der Waals surface area contributed by atoms with Crippen LogP contribution in [0.1, 0.15) is 27.9 Å². The predicted molar refractivity (Wildman–Crippen MR) is 187 cm³/mol. The summed E-state index contributed by atoms with van der Waals surface area (Å²) in [6.45, 7) is 5.96. The molecule has 4 heterocycles. The van der Waals surface area contributed by atoms with E-state index in [0.717, 1.165) is 55.4 Å². The quantitative estimate of drug-likeness (QED) is 0.137. The third kappa shape index (κ3) is 8.18. The molecule has 0 aliphatic carbocycles. The lowest BCUT2D eigenvalue weighted by atomic mass is 10.0. The number of aromatic nitrogens is 6. The summed E-state index contributed by atoms with van der Waals surface area (Å²) in [6.07, 6.45) is 13.5. The van der Waals surface area contributed by atoms with Gasteiger partial charge in [-0.15, -0.1) is 0 Å². The molecule has 0 N–H and O–H groups in total. The number of benzene rings is 2. The molecule has 0 saturated carbocycles. The molecule has 0 spiro atoms. The van der Waals surface area contributed by atoms with E-state index in [-0.39, 0.29) is 0 Å². The maximum absolute atomic E-state index is 8.67. The summed E-state index contributed by atoms with van der Waals surface area (Å²) < 4.78 is 3.88. The lowest BCUT2D eigenvalue weighted by molar-refractivity contribution is 0.873. The van der Waals surface area contributed by atoms with Crippen molar-refractivity contribution >= 4 is 68.8 Å². The molecule has 0 unspecified atom stereocenters. The van der Waals surface area contributed by atoms with Gasteiger partial charge in [0.2, 0.25) is 0 Å². The molecule has 0 aliphatic rings. The molecule has 4 aromatic heterocycles. The van der Waals surface area contributed by atoms with Crippen LogP contribution in [0.25, 0.3) is 45.3 Å². The number of nitriles is 2. The van der Waals surface area contributed by atoms with Gasteiger partial charge in [-0.1, -0.05) is 34.8 Å². The van der Waals surface area contributed by atoms with Crippen molar-refractivity contribution in [2.24, 2.45) is 14.1 Å². The fourth-order valence-corrected chi connectivity index (χ4v) is 5.21. The lowest BCUT2D eigenvalue weighted by Crippen LogP contribution is -1.94. The van der Waals surface area contributed by atoms with Crippen molar-refractivity contribution < 1.29 is 0 Å². The Morgan fingerprint density at radius 3 is 1.65 bits per heavy atom. The molecule has 0 atom stereocenters. The van der Waals surface area contributed by atoms with E-state index >= 15 is 0 Å². The van der Waals surface area contributed by atoms with Crippen LogP contribution in [0, 0.1) is 43.4 Å². The standard InChI is InChI=1S/C17H13ClN4.C13H8Cl2N2.C5H8N2/c1-11-6-15-13(7-12(11)4-3-5-19)14(18)8-16(21-15)17-9-20-10-22(17)2;1-8-5-12-10(6-9(8)3-2-4-16)11(14)7-13(15)17-12;1-5-3-6-4-7(5)2/h3-4,6-10H,1-2H3;2-3,5-7H,1H3;3-4H,1-2H3/b4-3+;3-2+;. The summed E-state index contributed by atoms with van der Waals surface area (Å²) in [4.78, 5) is 16.9. The molecule has 0 saturated heterocycles. The number of rotatable bonds is 3. The van der Waals surface area contributed by atoms with Gasteiger partial charge in [0.25, 0.3) is 0 Å². The van der Waals surface area contributed by atoms with Crippen LogP contribution >= 0.6 is 34.8 Å². The molecule has 6 aromatic rings. The first-order chi connectivity index (χ1) is 22.0. The number of pyridine rings is 2. The second-order valence-corrected chi connectivity index (χ2v) is 11.5. The highest BCUT2D eigenvalue weighted by atomic mass is 35.5. The summed E-state index contributed by atoms with van der Waals surface area (Å²) in [6, 6.07) is 15.2. The molecule has 0 bridgehead atoms. The first kappa shape index (κ1) is 33.9. The van der Waals surface area contributed by atoms with Crippen molar-refractivity contribution in [3.8, 4) is 23.5 Å². The highest BCUT2D eigenvalue weighted by Gasteiger charge is 2.11. The van der Waals surface area contributed by atoms with E-state index in [1.54, 1.807) is 37.1 Å². The summed E-state index contributed by atoms with van der Waals surface area (Å²) in [5, 5.41) is 20.5. The Labute approximate surface area is 282 Å². The van der Waals surface area contributed by atoms with Gasteiger partial charge in [-0.2, -0.15) is 10.5 Å². The van der Waals surface area contributed by atoms with Gasteiger partial charge in [0.05, 0.1) is 63.5 Å². The van der Waals surface area contributed by atoms with E-state index in [2.05, 4.69) is 19.9 Å². The summed E-state index contributed by atoms with van der Waals surface area (Å²) in [7, 11) is 3.89. The van der Waals surface area contributed by atoms with E-state index in [9.17, 15) is 0 Å². The van der Waals surface area contributed by atoms with Crippen molar-refractivity contribution in [1.82, 2.24) is 29.1 Å². The van der Waals surface area contributed by atoms with Crippen LogP contribution in [0.5, 0.6) is 0 Å². The highest BCUT2D eigenvalue weighted by Crippen LogP contribution is 2.31. The van der Waals surface area contributed by atoms with E-state index in [4.69, 9.17) is 45.3 Å². The Morgan fingerprint density at radius 1 is 0.674 bits per heavy atom. The zero-order valence-corrected chi connectivity index (χ0v) is 28.1. The van der Waals surface area contributed by atoms with Crippen LogP contribution in [-0.2, 0) is 14.1 Å². The normalized spacial score (nSPS) is 10.8. The van der Waals surface area contributed by atoms with Crippen molar-refractivity contribution in [3.63, 3.8) is 0 Å². The zero-order chi connectivity index (χ0) is 33.4. The van der Waals surface area contributed by atoms with Crippen LogP contribution in [0.2, 0.25) is 15.2 Å². The Kier molecular flexibility index (Phi) is 11.3. The van der Waals surface area contributed by atoms with Crippen molar-refractivity contribution in [3.05, 3.63) is 117 Å². The molecular weight excluding hydrogens is 639 g/mol. The van der Waals surface area contributed by atoms with Gasteiger partial charge < -0.3 is 9.13 Å². The minimum Gasteiger partial charge on any atom is -0.338 e. The second kappa shape index (κ2) is 15.3. The molecule has 2 aromatic carbocycles. The van der Waals surface area contributed by atoms with Gasteiger partial charge in [0.15, 0.2) is 0 Å². The van der Waals surface area contributed by atoms with Crippen LogP contribution < -0.4 is 0 Å². The summed E-state index contributed by atoms with van der Waals surface area (Å²) in [5.74, 6) is 0. The van der Waals surface area contributed by atoms with Gasteiger partial charge in [0, 0.05) is 48.9 Å². The first-order valence-electron chi connectivity index (χ1n) is 13.9. The fourth-order valence-electron chi connectivity index (χ4n) is 4.45. The monoisotopic (exact) mass is 666 g/mol. The van der Waals surface area contributed by atoms with Crippen molar-refractivity contribution in [2.75, 3.05) is 0 Å². The molecule has 11 heteroatoms. The Bertz CT molecular complexity index is 2160. The van der Waals surface area contributed by atoms with Crippen molar-refractivity contribution in [1.29, 1.82) is 10.5 Å². The summed E-state index contributed by atoms with van der Waals surface area (Å²) in [5.41, 5.74) is 8.47. The SMILES string of the molecule is Cc1cc2nc(-c3cncn3C)cc(Cl)c2cc1/C=C/C#N.Cc1cc2nc(Cl)cc(Cl)c2cc1/C=C/C#N.Cc1cncn1C. The van der Waals surface area contributed by atoms with E-state index in [1.165, 1.54) is 17.8 Å². The third-order valence-corrected chi connectivity index (χ3v) is 7.89. The second-order valence-electron chi connectivity index (χ2n) is 10.3. The number of imidazole rings is 2. The maximum Gasteiger partial charge on any atom is 0.131 e. The molecule has 0 amide bonds. The number of allylic oxidation sites excluding steroid dienone is 2. The van der Waals surface area contributed by atoms with Crippen LogP contribution in [0.4, 0.5) is 0 Å². The first-order valence-corrected chi connectivity index (χ1v) is 15.0. The number of halogens is 3. The highest BCUT2D eigenvalue weighted by molar-refractivity contribution is 6.38. The minimum absolute atomic E-state index is 0.377. The van der Waals surface area contributed by atoms with Gasteiger partial charge >= 0.3 is 0 Å². The van der Waals surface area contributed by atoms with E-state index in [1.807, 2.05) is 92.7 Å². The molecule has 6 rings (SSSR count). The molecule has 0 aliphatic heterocycles. The molecule has 8 nitrogen and oxygen atoms in total. The van der Waals surface area contributed by atoms with Crippen molar-refractivity contribution in [2.45, 2.75) is 20.8 Å².